The molecule has 264 valence electrons. The van der Waals surface area contributed by atoms with Gasteiger partial charge in [-0.2, -0.15) is 0 Å². The lowest BCUT2D eigenvalue weighted by Gasteiger charge is -2.26. The Hall–Kier alpha value is -6.70. The zero-order valence-electron chi connectivity index (χ0n) is 29.8. The minimum atomic E-state index is -0.498. The third-order valence-corrected chi connectivity index (χ3v) is 8.47. The van der Waals surface area contributed by atoms with Gasteiger partial charge in [-0.05, 0) is 122 Å². The molecule has 0 amide bonds. The molecule has 0 aliphatic heterocycles. The molecule has 0 heterocycles. The van der Waals surface area contributed by atoms with Crippen LogP contribution in [0.1, 0.15) is 22.3 Å². The van der Waals surface area contributed by atoms with Crippen molar-refractivity contribution in [2.75, 3.05) is 9.80 Å². The van der Waals surface area contributed by atoms with E-state index in [9.17, 15) is 9.59 Å². The highest BCUT2D eigenvalue weighted by atomic mass is 16.5. The van der Waals surface area contributed by atoms with Crippen LogP contribution in [0.3, 0.4) is 0 Å². The molecule has 0 radical (unpaired) electrons. The van der Waals surface area contributed by atoms with Crippen LogP contribution in [-0.4, -0.2) is 11.9 Å². The van der Waals surface area contributed by atoms with E-state index in [-0.39, 0.29) is 0 Å². The highest BCUT2D eigenvalue weighted by Crippen LogP contribution is 2.37. The molecule has 0 unspecified atom stereocenters. The highest BCUT2D eigenvalue weighted by molar-refractivity contribution is 5.84. The van der Waals surface area contributed by atoms with Crippen molar-refractivity contribution in [1.82, 2.24) is 0 Å². The van der Waals surface area contributed by atoms with Crippen LogP contribution in [0.5, 0.6) is 11.5 Å². The van der Waals surface area contributed by atoms with Crippen molar-refractivity contribution in [3.63, 3.8) is 0 Å². The molecule has 0 atom stereocenters. The Morgan fingerprint density at radius 3 is 1.00 bits per heavy atom. The van der Waals surface area contributed by atoms with Gasteiger partial charge in [0.05, 0.1) is 13.2 Å². The standard InChI is InChI=1S/C46H40N2O5/c1-5-45(49)52-43-27-23-41(24-28-43)47(37-15-7-33(3)8-16-37)39-19-11-35(12-20-39)31-51-32-36-13-21-40(22-14-36)48(38-17-9-34(4)10-18-38)42-25-29-44(30-26-42)53-46(50)6-2/h5-30H,1-2,31-32H2,3-4H3. The number of hydrogen-bond donors (Lipinski definition) is 0. The molecular formula is C46H40N2O5. The third kappa shape index (κ3) is 9.35. The van der Waals surface area contributed by atoms with Crippen LogP contribution in [0.25, 0.3) is 0 Å². The molecule has 0 saturated carbocycles. The second kappa shape index (κ2) is 17.0. The summed E-state index contributed by atoms with van der Waals surface area (Å²) in [7, 11) is 0. The largest absolute Gasteiger partial charge is 0.423 e. The molecule has 0 N–H and O–H groups in total. The van der Waals surface area contributed by atoms with E-state index in [4.69, 9.17) is 14.2 Å². The lowest BCUT2D eigenvalue weighted by atomic mass is 10.1. The molecule has 0 aromatic heterocycles. The first kappa shape index (κ1) is 36.1. The van der Waals surface area contributed by atoms with Gasteiger partial charge in [0, 0.05) is 46.3 Å². The van der Waals surface area contributed by atoms with Crippen LogP contribution in [0.4, 0.5) is 34.1 Å². The van der Waals surface area contributed by atoms with Crippen LogP contribution in [0, 0.1) is 13.8 Å². The summed E-state index contributed by atoms with van der Waals surface area (Å²) in [5, 5.41) is 0. The lowest BCUT2D eigenvalue weighted by molar-refractivity contribution is -0.129. The Kier molecular flexibility index (Phi) is 11.6. The van der Waals surface area contributed by atoms with Gasteiger partial charge in [0.2, 0.25) is 0 Å². The molecule has 0 saturated heterocycles. The van der Waals surface area contributed by atoms with Crippen LogP contribution < -0.4 is 19.3 Å². The Balaban J connectivity index is 1.13. The Morgan fingerprint density at radius 2 is 0.717 bits per heavy atom. The van der Waals surface area contributed by atoms with E-state index in [1.165, 1.54) is 11.1 Å². The lowest BCUT2D eigenvalue weighted by Crippen LogP contribution is -2.10. The molecule has 0 aliphatic rings. The van der Waals surface area contributed by atoms with Crippen LogP contribution >= 0.6 is 0 Å². The van der Waals surface area contributed by atoms with E-state index in [1.807, 2.05) is 24.3 Å². The Morgan fingerprint density at radius 1 is 0.453 bits per heavy atom. The second-order valence-electron chi connectivity index (χ2n) is 12.4. The first-order valence-corrected chi connectivity index (χ1v) is 17.2. The average molecular weight is 701 g/mol. The topological polar surface area (TPSA) is 68.3 Å². The summed E-state index contributed by atoms with van der Waals surface area (Å²) in [6.07, 6.45) is 2.29. The van der Waals surface area contributed by atoms with Gasteiger partial charge in [-0.3, -0.25) is 0 Å². The number of hydrogen-bond acceptors (Lipinski definition) is 7. The van der Waals surface area contributed by atoms with Crippen molar-refractivity contribution in [2.45, 2.75) is 27.1 Å². The van der Waals surface area contributed by atoms with Gasteiger partial charge in [0.1, 0.15) is 11.5 Å². The summed E-state index contributed by atoms with van der Waals surface area (Å²) >= 11 is 0. The van der Waals surface area contributed by atoms with Gasteiger partial charge in [-0.25, -0.2) is 9.59 Å². The SMILES string of the molecule is C=CC(=O)Oc1ccc(N(c2ccc(C)cc2)c2ccc(COCc3ccc(N(c4ccc(C)cc4)c4ccc(OC(=O)C=C)cc4)cc3)cc2)cc1. The fraction of sp³-hybridized carbons (Fsp3) is 0.0870. The number of ether oxygens (including phenoxy) is 3. The quantitative estimate of drug-likeness (QED) is 0.0636. The summed E-state index contributed by atoms with van der Waals surface area (Å²) in [6, 6.07) is 48.1. The van der Waals surface area contributed by atoms with E-state index in [1.54, 1.807) is 24.3 Å². The third-order valence-electron chi connectivity index (χ3n) is 8.47. The Labute approximate surface area is 310 Å². The first-order valence-electron chi connectivity index (χ1n) is 17.2. The van der Waals surface area contributed by atoms with Crippen molar-refractivity contribution >= 4 is 46.1 Å². The number of carbonyl (C=O) groups excluding carboxylic acids is 2. The molecule has 7 nitrogen and oxygen atoms in total. The van der Waals surface area contributed by atoms with Gasteiger partial charge in [0.15, 0.2) is 0 Å². The number of anilines is 6. The average Bonchev–Trinajstić information content (AvgIpc) is 3.19. The molecular weight excluding hydrogens is 661 g/mol. The number of aryl methyl sites for hydroxylation is 2. The molecule has 0 bridgehead atoms. The fourth-order valence-electron chi connectivity index (χ4n) is 5.69. The van der Waals surface area contributed by atoms with Crippen molar-refractivity contribution in [3.8, 4) is 11.5 Å². The van der Waals surface area contributed by atoms with Crippen LogP contribution in [0.15, 0.2) is 171 Å². The predicted molar refractivity (Wildman–Crippen MR) is 212 cm³/mol. The van der Waals surface area contributed by atoms with E-state index in [0.717, 1.165) is 57.4 Å². The number of nitrogens with zero attached hydrogens (tertiary/aromatic N) is 2. The molecule has 6 aromatic carbocycles. The molecule has 0 spiro atoms. The van der Waals surface area contributed by atoms with Gasteiger partial charge in [-0.15, -0.1) is 0 Å². The maximum atomic E-state index is 11.7. The van der Waals surface area contributed by atoms with E-state index < -0.39 is 11.9 Å². The number of carbonyl (C=O) groups is 2. The van der Waals surface area contributed by atoms with Crippen molar-refractivity contribution in [2.24, 2.45) is 0 Å². The molecule has 7 heteroatoms. The van der Waals surface area contributed by atoms with Crippen LogP contribution in [-0.2, 0) is 27.5 Å². The summed E-state index contributed by atoms with van der Waals surface area (Å²) in [5.41, 5.74) is 10.3. The summed E-state index contributed by atoms with van der Waals surface area (Å²) in [6.45, 7) is 12.0. The number of benzene rings is 6. The van der Waals surface area contributed by atoms with E-state index >= 15 is 0 Å². The molecule has 0 aliphatic carbocycles. The monoisotopic (exact) mass is 700 g/mol. The zero-order chi connectivity index (χ0) is 37.2. The minimum Gasteiger partial charge on any atom is -0.423 e. The molecule has 0 fully saturated rings. The normalized spacial score (nSPS) is 10.6. The maximum absolute atomic E-state index is 11.7. The highest BCUT2D eigenvalue weighted by Gasteiger charge is 2.15. The van der Waals surface area contributed by atoms with E-state index in [0.29, 0.717) is 24.7 Å². The van der Waals surface area contributed by atoms with Crippen molar-refractivity contribution in [3.05, 3.63) is 193 Å². The van der Waals surface area contributed by atoms with Gasteiger partial charge in [-0.1, -0.05) is 72.8 Å². The van der Waals surface area contributed by atoms with E-state index in [2.05, 4.69) is 134 Å². The molecule has 6 aromatic rings. The Bertz CT molecular complexity index is 2000. The summed E-state index contributed by atoms with van der Waals surface area (Å²) < 4.78 is 16.7. The fourth-order valence-corrected chi connectivity index (χ4v) is 5.69. The predicted octanol–water partition coefficient (Wildman–Crippen LogP) is 11.1. The minimum absolute atomic E-state index is 0.452. The van der Waals surface area contributed by atoms with Crippen molar-refractivity contribution in [1.29, 1.82) is 0 Å². The van der Waals surface area contributed by atoms with Crippen LogP contribution in [0.2, 0.25) is 0 Å². The number of esters is 2. The van der Waals surface area contributed by atoms with Gasteiger partial charge in [0.25, 0.3) is 0 Å². The maximum Gasteiger partial charge on any atom is 0.335 e. The summed E-state index contributed by atoms with van der Waals surface area (Å²) in [5.74, 6) is -0.0922. The van der Waals surface area contributed by atoms with Crippen molar-refractivity contribution < 1.29 is 23.8 Å². The van der Waals surface area contributed by atoms with Gasteiger partial charge >= 0.3 is 11.9 Å². The second-order valence-corrected chi connectivity index (χ2v) is 12.4. The first-order chi connectivity index (χ1) is 25.8. The summed E-state index contributed by atoms with van der Waals surface area (Å²) in [4.78, 5) is 27.6. The number of rotatable bonds is 14. The molecule has 53 heavy (non-hydrogen) atoms. The molecule has 6 rings (SSSR count). The van der Waals surface area contributed by atoms with Gasteiger partial charge < -0.3 is 24.0 Å². The zero-order valence-corrected chi connectivity index (χ0v) is 29.8. The smallest absolute Gasteiger partial charge is 0.335 e.